The summed E-state index contributed by atoms with van der Waals surface area (Å²) in [5.74, 6) is -1.78. The minimum Gasteiger partial charge on any atom is -0.375 e. The van der Waals surface area contributed by atoms with Crippen LogP contribution in [0.1, 0.15) is 0 Å². The molecule has 4 rings (SSSR count). The highest BCUT2D eigenvalue weighted by Crippen LogP contribution is 2.52. The van der Waals surface area contributed by atoms with Crippen LogP contribution in [0.3, 0.4) is 0 Å². The second kappa shape index (κ2) is 9.51. The van der Waals surface area contributed by atoms with Crippen molar-refractivity contribution in [3.63, 3.8) is 0 Å². The molecule has 4 aromatic rings. The standard InChI is InChI=1S/C24H14F6O6S2/c25-23(26,27)37(31,32)35-21-17-13-7-8-14-18(17)22(36-38(33,34)24(28,29)30)20(16-11-5-2-6-12-16)19(21)15-9-3-1-4-10-15/h1-14H. The zero-order valence-corrected chi connectivity index (χ0v) is 20.2. The molecule has 0 atom stereocenters. The predicted octanol–water partition coefficient (Wildman–Crippen LogP) is 6.63. The molecule has 200 valence electrons. The van der Waals surface area contributed by atoms with Crippen LogP contribution in [-0.4, -0.2) is 27.9 Å². The van der Waals surface area contributed by atoms with Crippen LogP contribution in [0.4, 0.5) is 26.3 Å². The Morgan fingerprint density at radius 3 is 1.05 bits per heavy atom. The van der Waals surface area contributed by atoms with E-state index >= 15 is 0 Å². The SMILES string of the molecule is O=S(=O)(Oc1c(-c2ccccc2)c(-c2ccccc2)c(OS(=O)(=O)C(F)(F)F)c2ccccc12)C(F)(F)F. The summed E-state index contributed by atoms with van der Waals surface area (Å²) in [7, 11) is -12.6. The summed E-state index contributed by atoms with van der Waals surface area (Å²) < 4.78 is 138. The van der Waals surface area contributed by atoms with E-state index in [1.54, 1.807) is 0 Å². The van der Waals surface area contributed by atoms with E-state index in [4.69, 9.17) is 0 Å². The van der Waals surface area contributed by atoms with Gasteiger partial charge in [0.15, 0.2) is 11.5 Å². The van der Waals surface area contributed by atoms with Gasteiger partial charge in [-0.15, -0.1) is 0 Å². The maximum atomic E-state index is 13.4. The molecule has 0 bridgehead atoms. The summed E-state index contributed by atoms with van der Waals surface area (Å²) >= 11 is 0. The molecule has 0 fully saturated rings. The van der Waals surface area contributed by atoms with E-state index in [0.29, 0.717) is 0 Å². The number of rotatable bonds is 6. The lowest BCUT2D eigenvalue weighted by molar-refractivity contribution is -0.0505. The predicted molar refractivity (Wildman–Crippen MR) is 126 cm³/mol. The first-order valence-corrected chi connectivity index (χ1v) is 13.2. The van der Waals surface area contributed by atoms with Gasteiger partial charge in [0, 0.05) is 21.9 Å². The second-order valence-corrected chi connectivity index (χ2v) is 10.7. The number of fused-ring (bicyclic) bond motifs is 1. The molecule has 6 nitrogen and oxygen atoms in total. The van der Waals surface area contributed by atoms with E-state index in [1.807, 2.05) is 0 Å². The lowest BCUT2D eigenvalue weighted by Crippen LogP contribution is -2.29. The fourth-order valence-electron chi connectivity index (χ4n) is 3.62. The summed E-state index contributed by atoms with van der Waals surface area (Å²) in [4.78, 5) is 0. The Bertz CT molecular complexity index is 1570. The Morgan fingerprint density at radius 1 is 0.474 bits per heavy atom. The topological polar surface area (TPSA) is 86.7 Å². The average Bonchev–Trinajstić information content (AvgIpc) is 2.84. The fraction of sp³-hybridized carbons (Fsp3) is 0.0833. The highest BCUT2D eigenvalue weighted by molar-refractivity contribution is 7.88. The van der Waals surface area contributed by atoms with E-state index < -0.39 is 64.7 Å². The Balaban J connectivity index is 2.25. The van der Waals surface area contributed by atoms with Gasteiger partial charge in [0.25, 0.3) is 0 Å². The summed E-state index contributed by atoms with van der Waals surface area (Å²) in [5, 5.41) is -0.905. The highest BCUT2D eigenvalue weighted by Gasteiger charge is 2.51. The van der Waals surface area contributed by atoms with E-state index in [9.17, 15) is 43.2 Å². The Labute approximate surface area is 212 Å². The van der Waals surface area contributed by atoms with Crippen LogP contribution in [0.5, 0.6) is 11.5 Å². The summed E-state index contributed by atoms with van der Waals surface area (Å²) in [6.07, 6.45) is 0. The Morgan fingerprint density at radius 2 is 0.763 bits per heavy atom. The van der Waals surface area contributed by atoms with Crippen LogP contribution in [0, 0.1) is 0 Å². The van der Waals surface area contributed by atoms with Crippen LogP contribution >= 0.6 is 0 Å². The monoisotopic (exact) mass is 576 g/mol. The molecule has 0 saturated heterocycles. The smallest absolute Gasteiger partial charge is 0.375 e. The summed E-state index contributed by atoms with van der Waals surface area (Å²) in [6.45, 7) is 0. The minimum absolute atomic E-state index is 0.00117. The van der Waals surface area contributed by atoms with Gasteiger partial charge >= 0.3 is 31.3 Å². The molecule has 0 spiro atoms. The molecule has 0 aliphatic rings. The van der Waals surface area contributed by atoms with Gasteiger partial charge in [-0.1, -0.05) is 84.9 Å². The lowest BCUT2D eigenvalue weighted by Gasteiger charge is -2.23. The molecular formula is C24H14F6O6S2. The van der Waals surface area contributed by atoms with E-state index in [1.165, 1.54) is 72.8 Å². The number of hydrogen-bond donors (Lipinski definition) is 0. The van der Waals surface area contributed by atoms with Gasteiger partial charge in [-0.25, -0.2) is 0 Å². The number of halogens is 6. The molecule has 0 aromatic heterocycles. The quantitative estimate of drug-likeness (QED) is 0.146. The van der Waals surface area contributed by atoms with Crippen LogP contribution in [0.25, 0.3) is 33.0 Å². The zero-order valence-electron chi connectivity index (χ0n) is 18.6. The molecule has 0 aliphatic carbocycles. The van der Waals surface area contributed by atoms with E-state index in [0.717, 1.165) is 12.1 Å². The van der Waals surface area contributed by atoms with Gasteiger partial charge in [-0.3, -0.25) is 0 Å². The zero-order chi connectivity index (χ0) is 27.9. The highest BCUT2D eigenvalue weighted by atomic mass is 32.2. The molecule has 0 N–H and O–H groups in total. The van der Waals surface area contributed by atoms with Gasteiger partial charge in [0.2, 0.25) is 0 Å². The van der Waals surface area contributed by atoms with Crippen molar-refractivity contribution in [3.8, 4) is 33.8 Å². The molecule has 0 unspecified atom stereocenters. The van der Waals surface area contributed by atoms with Crippen molar-refractivity contribution < 1.29 is 51.5 Å². The van der Waals surface area contributed by atoms with E-state index in [2.05, 4.69) is 8.37 Å². The van der Waals surface area contributed by atoms with Gasteiger partial charge in [-0.05, 0) is 11.1 Å². The average molecular weight is 576 g/mol. The molecule has 38 heavy (non-hydrogen) atoms. The molecule has 0 heterocycles. The van der Waals surface area contributed by atoms with E-state index in [-0.39, 0.29) is 11.1 Å². The van der Waals surface area contributed by atoms with Crippen molar-refractivity contribution in [1.29, 1.82) is 0 Å². The fourth-order valence-corrected chi connectivity index (χ4v) is 4.60. The maximum Gasteiger partial charge on any atom is 0.534 e. The van der Waals surface area contributed by atoms with Gasteiger partial charge < -0.3 is 8.37 Å². The first-order chi connectivity index (χ1) is 17.6. The van der Waals surface area contributed by atoms with Crippen molar-refractivity contribution in [2.75, 3.05) is 0 Å². The van der Waals surface area contributed by atoms with Crippen molar-refractivity contribution in [2.45, 2.75) is 11.0 Å². The summed E-state index contributed by atoms with van der Waals surface area (Å²) in [6, 6.07) is 18.6. The van der Waals surface area contributed by atoms with Crippen LogP contribution < -0.4 is 8.37 Å². The molecule has 0 saturated carbocycles. The summed E-state index contributed by atoms with van der Waals surface area (Å²) in [5.41, 5.74) is -12.6. The molecular weight excluding hydrogens is 562 g/mol. The number of alkyl halides is 6. The van der Waals surface area contributed by atoms with Crippen molar-refractivity contribution >= 4 is 31.0 Å². The molecule has 0 amide bonds. The van der Waals surface area contributed by atoms with Crippen LogP contribution in [0.15, 0.2) is 84.9 Å². The lowest BCUT2D eigenvalue weighted by atomic mass is 9.89. The normalized spacial score (nSPS) is 12.9. The maximum absolute atomic E-state index is 13.4. The van der Waals surface area contributed by atoms with Gasteiger partial charge in [-0.2, -0.15) is 43.2 Å². The number of benzene rings is 4. The molecule has 0 aliphatic heterocycles. The first kappa shape index (κ1) is 27.3. The third-order valence-corrected chi connectivity index (χ3v) is 7.10. The third-order valence-electron chi connectivity index (χ3n) is 5.20. The number of hydrogen-bond acceptors (Lipinski definition) is 6. The molecule has 14 heteroatoms. The second-order valence-electron chi connectivity index (χ2n) is 7.65. The third kappa shape index (κ3) is 5.00. The van der Waals surface area contributed by atoms with Gasteiger partial charge in [0.05, 0.1) is 0 Å². The van der Waals surface area contributed by atoms with Crippen LogP contribution in [0.2, 0.25) is 0 Å². The Kier molecular flexibility index (Phi) is 6.82. The Hall–Kier alpha value is -3.78. The van der Waals surface area contributed by atoms with Gasteiger partial charge in [0.1, 0.15) is 0 Å². The van der Waals surface area contributed by atoms with Crippen molar-refractivity contribution in [1.82, 2.24) is 0 Å². The minimum atomic E-state index is -6.28. The van der Waals surface area contributed by atoms with Crippen LogP contribution in [-0.2, 0) is 20.2 Å². The van der Waals surface area contributed by atoms with Crippen molar-refractivity contribution in [3.05, 3.63) is 84.9 Å². The first-order valence-electron chi connectivity index (χ1n) is 10.3. The van der Waals surface area contributed by atoms with Crippen molar-refractivity contribution in [2.24, 2.45) is 0 Å². The molecule has 4 aromatic carbocycles. The largest absolute Gasteiger partial charge is 0.534 e. The molecule has 0 radical (unpaired) electrons.